The number of pyridine rings is 1. The number of anilines is 1. The molecule has 5 nitrogen and oxygen atoms in total. The minimum absolute atomic E-state index is 0.193. The van der Waals surface area contributed by atoms with Crippen LogP contribution in [0.2, 0.25) is 0 Å². The van der Waals surface area contributed by atoms with E-state index >= 15 is 0 Å². The molecule has 1 aromatic heterocycles. The maximum atomic E-state index is 13.1. The normalized spacial score (nSPS) is 15.2. The molecule has 1 fully saturated rings. The number of aromatic nitrogens is 1. The first-order valence-electron chi connectivity index (χ1n) is 9.20. The van der Waals surface area contributed by atoms with Crippen molar-refractivity contribution in [2.75, 3.05) is 44.2 Å². The van der Waals surface area contributed by atoms with Crippen molar-refractivity contribution in [3.63, 3.8) is 0 Å². The Bertz CT molecular complexity index is 694. The summed E-state index contributed by atoms with van der Waals surface area (Å²) in [6, 6.07) is 12.7. The van der Waals surface area contributed by atoms with Crippen LogP contribution in [0.4, 0.5) is 10.1 Å². The predicted octanol–water partition coefficient (Wildman–Crippen LogP) is 2.55. The lowest BCUT2D eigenvalue weighted by Crippen LogP contribution is -2.52. The number of piperazine rings is 1. The van der Waals surface area contributed by atoms with Gasteiger partial charge in [-0.3, -0.25) is 9.98 Å². The number of benzene rings is 1. The highest BCUT2D eigenvalue weighted by Gasteiger charge is 2.19. The smallest absolute Gasteiger partial charge is 0.194 e. The third-order valence-electron chi connectivity index (χ3n) is 4.46. The zero-order valence-electron chi connectivity index (χ0n) is 15.2. The van der Waals surface area contributed by atoms with Gasteiger partial charge in [0.25, 0.3) is 0 Å². The van der Waals surface area contributed by atoms with Gasteiger partial charge in [-0.05, 0) is 43.3 Å². The van der Waals surface area contributed by atoms with Crippen LogP contribution in [0.25, 0.3) is 0 Å². The van der Waals surface area contributed by atoms with Gasteiger partial charge >= 0.3 is 0 Å². The van der Waals surface area contributed by atoms with Crippen LogP contribution in [0.3, 0.4) is 0 Å². The SMILES string of the molecule is CCNC(=NCCc1ccccn1)N1CCN(c2ccc(F)cc2)CC1. The van der Waals surface area contributed by atoms with Crippen LogP contribution in [0.5, 0.6) is 0 Å². The van der Waals surface area contributed by atoms with E-state index in [2.05, 4.69) is 27.0 Å². The summed E-state index contributed by atoms with van der Waals surface area (Å²) in [4.78, 5) is 13.7. The Hall–Kier alpha value is -2.63. The second-order valence-corrected chi connectivity index (χ2v) is 6.26. The van der Waals surface area contributed by atoms with E-state index in [0.717, 1.165) is 63.0 Å². The second-order valence-electron chi connectivity index (χ2n) is 6.26. The van der Waals surface area contributed by atoms with E-state index in [1.165, 1.54) is 12.1 Å². The third kappa shape index (κ3) is 4.94. The topological polar surface area (TPSA) is 43.8 Å². The fourth-order valence-electron chi connectivity index (χ4n) is 3.08. The molecule has 0 atom stereocenters. The molecule has 0 spiro atoms. The molecule has 2 aromatic rings. The van der Waals surface area contributed by atoms with Crippen molar-refractivity contribution in [3.05, 3.63) is 60.2 Å². The Kier molecular flexibility index (Phi) is 6.41. The molecule has 0 aliphatic carbocycles. The van der Waals surface area contributed by atoms with Crippen LogP contribution in [0, 0.1) is 5.82 Å². The van der Waals surface area contributed by atoms with Crippen molar-refractivity contribution < 1.29 is 4.39 Å². The van der Waals surface area contributed by atoms with E-state index in [9.17, 15) is 4.39 Å². The molecule has 1 saturated heterocycles. The summed E-state index contributed by atoms with van der Waals surface area (Å²) in [5.74, 6) is 0.768. The van der Waals surface area contributed by atoms with E-state index in [1.807, 2.05) is 36.5 Å². The summed E-state index contributed by atoms with van der Waals surface area (Å²) in [5.41, 5.74) is 2.14. The van der Waals surface area contributed by atoms with Crippen LogP contribution >= 0.6 is 0 Å². The van der Waals surface area contributed by atoms with Crippen molar-refractivity contribution in [3.8, 4) is 0 Å². The first kappa shape index (κ1) is 18.2. The summed E-state index contributed by atoms with van der Waals surface area (Å²) in [7, 11) is 0. The van der Waals surface area contributed by atoms with Crippen molar-refractivity contribution in [2.45, 2.75) is 13.3 Å². The van der Waals surface area contributed by atoms with Crippen LogP contribution in [-0.4, -0.2) is 55.1 Å². The highest BCUT2D eigenvalue weighted by molar-refractivity contribution is 5.80. The summed E-state index contributed by atoms with van der Waals surface area (Å²) < 4.78 is 13.1. The summed E-state index contributed by atoms with van der Waals surface area (Å²) in [6.07, 6.45) is 2.66. The first-order valence-corrected chi connectivity index (χ1v) is 9.20. The molecular formula is C20H26FN5. The fraction of sp³-hybridized carbons (Fsp3) is 0.400. The molecule has 138 valence electrons. The number of nitrogens with zero attached hydrogens (tertiary/aromatic N) is 4. The lowest BCUT2D eigenvalue weighted by atomic mass is 10.2. The van der Waals surface area contributed by atoms with Gasteiger partial charge in [-0.1, -0.05) is 6.07 Å². The van der Waals surface area contributed by atoms with Crippen LogP contribution < -0.4 is 10.2 Å². The Morgan fingerprint density at radius 2 is 1.88 bits per heavy atom. The molecule has 0 bridgehead atoms. The Morgan fingerprint density at radius 1 is 1.12 bits per heavy atom. The molecule has 0 saturated carbocycles. The molecule has 1 aromatic carbocycles. The Labute approximate surface area is 154 Å². The van der Waals surface area contributed by atoms with Crippen molar-refractivity contribution in [2.24, 2.45) is 4.99 Å². The van der Waals surface area contributed by atoms with E-state index in [1.54, 1.807) is 0 Å². The minimum atomic E-state index is -0.193. The maximum absolute atomic E-state index is 13.1. The molecule has 1 aliphatic heterocycles. The number of aliphatic imine (C=N–C) groups is 1. The molecule has 0 unspecified atom stereocenters. The summed E-state index contributed by atoms with van der Waals surface area (Å²) >= 11 is 0. The quantitative estimate of drug-likeness (QED) is 0.661. The van der Waals surface area contributed by atoms with Gasteiger partial charge in [0, 0.05) is 63.3 Å². The lowest BCUT2D eigenvalue weighted by Gasteiger charge is -2.37. The molecule has 2 heterocycles. The summed E-state index contributed by atoms with van der Waals surface area (Å²) in [5, 5.41) is 3.39. The number of hydrogen-bond donors (Lipinski definition) is 1. The molecule has 1 N–H and O–H groups in total. The highest BCUT2D eigenvalue weighted by atomic mass is 19.1. The molecule has 0 amide bonds. The van der Waals surface area contributed by atoms with Gasteiger partial charge in [-0.15, -0.1) is 0 Å². The lowest BCUT2D eigenvalue weighted by molar-refractivity contribution is 0.372. The third-order valence-corrected chi connectivity index (χ3v) is 4.46. The highest BCUT2D eigenvalue weighted by Crippen LogP contribution is 2.17. The van der Waals surface area contributed by atoms with Gasteiger partial charge in [-0.25, -0.2) is 4.39 Å². The van der Waals surface area contributed by atoms with Crippen LogP contribution in [-0.2, 0) is 6.42 Å². The van der Waals surface area contributed by atoms with Crippen molar-refractivity contribution in [1.82, 2.24) is 15.2 Å². The van der Waals surface area contributed by atoms with Crippen molar-refractivity contribution >= 4 is 11.6 Å². The van der Waals surface area contributed by atoms with Gasteiger partial charge < -0.3 is 15.1 Å². The van der Waals surface area contributed by atoms with E-state index in [-0.39, 0.29) is 5.82 Å². The molecule has 0 radical (unpaired) electrons. The molecule has 3 rings (SSSR count). The number of rotatable bonds is 5. The summed E-state index contributed by atoms with van der Waals surface area (Å²) in [6.45, 7) is 7.24. The number of nitrogens with one attached hydrogen (secondary N) is 1. The van der Waals surface area contributed by atoms with Gasteiger partial charge in [0.2, 0.25) is 0 Å². The number of guanidine groups is 1. The first-order chi connectivity index (χ1) is 12.8. The van der Waals surface area contributed by atoms with Gasteiger partial charge in [-0.2, -0.15) is 0 Å². The Morgan fingerprint density at radius 3 is 2.54 bits per heavy atom. The zero-order valence-corrected chi connectivity index (χ0v) is 15.2. The van der Waals surface area contributed by atoms with Crippen LogP contribution in [0.15, 0.2) is 53.7 Å². The molecule has 6 heteroatoms. The van der Waals surface area contributed by atoms with E-state index in [4.69, 9.17) is 4.99 Å². The van der Waals surface area contributed by atoms with Crippen molar-refractivity contribution in [1.29, 1.82) is 0 Å². The Balaban J connectivity index is 1.55. The number of halogens is 1. The largest absolute Gasteiger partial charge is 0.368 e. The minimum Gasteiger partial charge on any atom is -0.368 e. The van der Waals surface area contributed by atoms with Gasteiger partial charge in [0.15, 0.2) is 5.96 Å². The van der Waals surface area contributed by atoms with Crippen LogP contribution in [0.1, 0.15) is 12.6 Å². The second kappa shape index (κ2) is 9.17. The standard InChI is InChI=1S/C20H26FN5/c1-2-22-20(24-12-10-18-5-3-4-11-23-18)26-15-13-25(14-16-26)19-8-6-17(21)7-9-19/h3-9,11H,2,10,12-16H2,1H3,(H,22,24). The molecule has 26 heavy (non-hydrogen) atoms. The molecular weight excluding hydrogens is 329 g/mol. The fourth-order valence-corrected chi connectivity index (χ4v) is 3.08. The zero-order chi connectivity index (χ0) is 18.2. The van der Waals surface area contributed by atoms with Gasteiger partial charge in [0.05, 0.1) is 0 Å². The molecule has 1 aliphatic rings. The van der Waals surface area contributed by atoms with Gasteiger partial charge in [0.1, 0.15) is 5.82 Å². The predicted molar refractivity (Wildman–Crippen MR) is 104 cm³/mol. The maximum Gasteiger partial charge on any atom is 0.194 e. The van der Waals surface area contributed by atoms with E-state index in [0.29, 0.717) is 0 Å². The van der Waals surface area contributed by atoms with E-state index < -0.39 is 0 Å². The average Bonchev–Trinajstić information content (AvgIpc) is 2.69. The monoisotopic (exact) mass is 355 g/mol. The number of hydrogen-bond acceptors (Lipinski definition) is 3. The average molecular weight is 355 g/mol.